The maximum Gasteiger partial charge on any atom is 0.160 e. The predicted octanol–water partition coefficient (Wildman–Crippen LogP) is 2.57. The van der Waals surface area contributed by atoms with Gasteiger partial charge >= 0.3 is 0 Å². The van der Waals surface area contributed by atoms with Crippen LogP contribution in [-0.2, 0) is 0 Å². The number of nitroso groups, excluding NO2 is 1. The lowest BCUT2D eigenvalue weighted by Gasteiger charge is -1.64. The minimum atomic E-state index is 0. The molecule has 1 heterocycles. The molecular formula is C4H4ClNOS. The van der Waals surface area contributed by atoms with Crippen LogP contribution in [-0.4, -0.2) is 0 Å². The molecular weight excluding hydrogens is 146 g/mol. The first kappa shape index (κ1) is 7.59. The average Bonchev–Trinajstić information content (AvgIpc) is 2.14. The van der Waals surface area contributed by atoms with Gasteiger partial charge in [-0.05, 0) is 22.7 Å². The second-order valence-electron chi connectivity index (χ2n) is 1.04. The van der Waals surface area contributed by atoms with Gasteiger partial charge in [0, 0.05) is 0 Å². The summed E-state index contributed by atoms with van der Waals surface area (Å²) < 4.78 is 0. The van der Waals surface area contributed by atoms with Gasteiger partial charge in [-0.25, -0.2) is 0 Å². The van der Waals surface area contributed by atoms with Crippen LogP contribution in [0.1, 0.15) is 0 Å². The quantitative estimate of drug-likeness (QED) is 0.565. The first-order valence-electron chi connectivity index (χ1n) is 1.80. The fourth-order valence-corrected chi connectivity index (χ4v) is 0.819. The van der Waals surface area contributed by atoms with E-state index in [-0.39, 0.29) is 12.4 Å². The highest BCUT2D eigenvalue weighted by molar-refractivity contribution is 7.13. The Kier molecular flexibility index (Phi) is 3.39. The van der Waals surface area contributed by atoms with E-state index < -0.39 is 0 Å². The summed E-state index contributed by atoms with van der Waals surface area (Å²) in [5.74, 6) is 0. The summed E-state index contributed by atoms with van der Waals surface area (Å²) in [4.78, 5) is 9.63. The van der Waals surface area contributed by atoms with Crippen LogP contribution in [0.3, 0.4) is 0 Å². The maximum absolute atomic E-state index is 9.63. The highest BCUT2D eigenvalue weighted by Gasteiger charge is 1.84. The highest BCUT2D eigenvalue weighted by atomic mass is 35.5. The number of hydrogen-bond acceptors (Lipinski definition) is 3. The molecule has 0 aromatic carbocycles. The van der Waals surface area contributed by atoms with Crippen LogP contribution in [0, 0.1) is 4.91 Å². The number of thiophene rings is 1. The van der Waals surface area contributed by atoms with E-state index in [4.69, 9.17) is 0 Å². The molecule has 0 aliphatic heterocycles. The van der Waals surface area contributed by atoms with E-state index in [0.717, 1.165) is 0 Å². The standard InChI is InChI=1S/C4H3NOS.ClH/c6-5-4-2-1-3-7-4;/h1-3H;1H. The van der Waals surface area contributed by atoms with E-state index in [1.165, 1.54) is 11.3 Å². The largest absolute Gasteiger partial charge is 0.160 e. The zero-order valence-electron chi connectivity index (χ0n) is 3.90. The van der Waals surface area contributed by atoms with Gasteiger partial charge in [-0.15, -0.1) is 28.7 Å². The molecule has 0 saturated carbocycles. The molecule has 0 saturated heterocycles. The summed E-state index contributed by atoms with van der Waals surface area (Å²) in [6.07, 6.45) is 0. The highest BCUT2D eigenvalue weighted by Crippen LogP contribution is 2.17. The van der Waals surface area contributed by atoms with Crippen molar-refractivity contribution >= 4 is 28.7 Å². The summed E-state index contributed by atoms with van der Waals surface area (Å²) in [7, 11) is 0. The van der Waals surface area contributed by atoms with Crippen molar-refractivity contribution in [1.29, 1.82) is 0 Å². The van der Waals surface area contributed by atoms with Gasteiger partial charge in [0.25, 0.3) is 0 Å². The minimum Gasteiger partial charge on any atom is -0.147 e. The Balaban J connectivity index is 0.000000490. The van der Waals surface area contributed by atoms with Crippen LogP contribution in [0.4, 0.5) is 5.00 Å². The van der Waals surface area contributed by atoms with Gasteiger partial charge in [-0.3, -0.25) is 0 Å². The molecule has 0 bridgehead atoms. The van der Waals surface area contributed by atoms with Gasteiger partial charge < -0.3 is 0 Å². The van der Waals surface area contributed by atoms with Crippen LogP contribution in [0.2, 0.25) is 0 Å². The fraction of sp³-hybridized carbons (Fsp3) is 0. The van der Waals surface area contributed by atoms with Crippen molar-refractivity contribution in [3.63, 3.8) is 0 Å². The number of hydrogen-bond donors (Lipinski definition) is 0. The molecule has 0 atom stereocenters. The van der Waals surface area contributed by atoms with E-state index in [1.54, 1.807) is 12.1 Å². The van der Waals surface area contributed by atoms with Crippen molar-refractivity contribution in [2.45, 2.75) is 0 Å². The van der Waals surface area contributed by atoms with E-state index in [0.29, 0.717) is 5.00 Å². The average molecular weight is 150 g/mol. The number of halogens is 1. The van der Waals surface area contributed by atoms with Crippen molar-refractivity contribution in [3.8, 4) is 0 Å². The summed E-state index contributed by atoms with van der Waals surface area (Å²) in [5, 5.41) is 5.06. The van der Waals surface area contributed by atoms with Crippen molar-refractivity contribution in [1.82, 2.24) is 0 Å². The second-order valence-corrected chi connectivity index (χ2v) is 1.97. The predicted molar refractivity (Wildman–Crippen MR) is 37.0 cm³/mol. The number of nitrogens with zero attached hydrogens (tertiary/aromatic N) is 1. The van der Waals surface area contributed by atoms with Crippen LogP contribution in [0.15, 0.2) is 22.7 Å². The Hall–Kier alpha value is -0.410. The van der Waals surface area contributed by atoms with Crippen LogP contribution in [0.25, 0.3) is 0 Å². The van der Waals surface area contributed by atoms with Gasteiger partial charge in [0.1, 0.15) is 0 Å². The number of rotatable bonds is 1. The van der Waals surface area contributed by atoms with E-state index >= 15 is 0 Å². The van der Waals surface area contributed by atoms with E-state index in [1.807, 2.05) is 5.38 Å². The summed E-state index contributed by atoms with van der Waals surface area (Å²) >= 11 is 1.34. The monoisotopic (exact) mass is 149 g/mol. The molecule has 1 aromatic heterocycles. The molecule has 0 radical (unpaired) electrons. The summed E-state index contributed by atoms with van der Waals surface area (Å²) in [5.41, 5.74) is 0. The Morgan fingerprint density at radius 2 is 2.38 bits per heavy atom. The van der Waals surface area contributed by atoms with Gasteiger partial charge in [-0.1, -0.05) is 0 Å². The Morgan fingerprint density at radius 3 is 2.62 bits per heavy atom. The first-order chi connectivity index (χ1) is 3.43. The molecule has 0 N–H and O–H groups in total. The van der Waals surface area contributed by atoms with Crippen LogP contribution in [0.5, 0.6) is 0 Å². The van der Waals surface area contributed by atoms with Gasteiger partial charge in [0.15, 0.2) is 5.00 Å². The van der Waals surface area contributed by atoms with Crippen molar-refractivity contribution < 1.29 is 0 Å². The normalized spacial score (nSPS) is 7.50. The molecule has 4 heteroatoms. The Morgan fingerprint density at radius 1 is 1.62 bits per heavy atom. The molecule has 8 heavy (non-hydrogen) atoms. The Bertz CT molecular complexity index is 151. The van der Waals surface area contributed by atoms with Crippen molar-refractivity contribution in [2.75, 3.05) is 0 Å². The smallest absolute Gasteiger partial charge is 0.147 e. The molecule has 0 unspecified atom stereocenters. The lowest BCUT2D eigenvalue weighted by atomic mass is 10.6. The van der Waals surface area contributed by atoms with E-state index in [9.17, 15) is 4.91 Å². The summed E-state index contributed by atoms with van der Waals surface area (Å²) in [6, 6.07) is 3.47. The second kappa shape index (κ2) is 3.57. The first-order valence-corrected chi connectivity index (χ1v) is 2.68. The van der Waals surface area contributed by atoms with Crippen molar-refractivity contribution in [3.05, 3.63) is 22.4 Å². The SMILES string of the molecule is Cl.O=Nc1cccs1. The zero-order chi connectivity index (χ0) is 5.11. The third kappa shape index (κ3) is 1.60. The third-order valence-corrected chi connectivity index (χ3v) is 1.34. The van der Waals surface area contributed by atoms with Crippen molar-refractivity contribution in [2.24, 2.45) is 5.18 Å². The van der Waals surface area contributed by atoms with E-state index in [2.05, 4.69) is 5.18 Å². The maximum atomic E-state index is 9.63. The summed E-state index contributed by atoms with van der Waals surface area (Å²) in [6.45, 7) is 0. The molecule has 0 spiro atoms. The Labute approximate surface area is 56.9 Å². The van der Waals surface area contributed by atoms with Gasteiger partial charge in [0.05, 0.1) is 0 Å². The lowest BCUT2D eigenvalue weighted by molar-refractivity contribution is 1.60. The molecule has 0 aliphatic rings. The molecule has 44 valence electrons. The molecule has 0 aliphatic carbocycles. The molecule has 1 rings (SSSR count). The zero-order valence-corrected chi connectivity index (χ0v) is 5.54. The molecule has 0 amide bonds. The topological polar surface area (TPSA) is 29.4 Å². The van der Waals surface area contributed by atoms with Crippen LogP contribution >= 0.6 is 23.7 Å². The lowest BCUT2D eigenvalue weighted by Crippen LogP contribution is -1.35. The molecule has 0 fully saturated rings. The fourth-order valence-electron chi connectivity index (χ4n) is 0.322. The molecule has 1 aromatic rings. The third-order valence-electron chi connectivity index (χ3n) is 0.596. The van der Waals surface area contributed by atoms with Gasteiger partial charge in [-0.2, -0.15) is 0 Å². The van der Waals surface area contributed by atoms with Gasteiger partial charge in [0.2, 0.25) is 0 Å². The molecule has 2 nitrogen and oxygen atoms in total. The minimum absolute atomic E-state index is 0. The van der Waals surface area contributed by atoms with Crippen LogP contribution < -0.4 is 0 Å².